The second-order valence-electron chi connectivity index (χ2n) is 6.82. The molecule has 0 amide bonds. The zero-order chi connectivity index (χ0) is 19.9. The monoisotopic (exact) mass is 382 g/mol. The quantitative estimate of drug-likeness (QED) is 0.785. The molecule has 3 rings (SSSR count). The van der Waals surface area contributed by atoms with E-state index < -0.39 is 0 Å². The van der Waals surface area contributed by atoms with Gasteiger partial charge in [-0.3, -0.25) is 4.90 Å². The second kappa shape index (κ2) is 9.40. The van der Waals surface area contributed by atoms with Crippen LogP contribution in [-0.2, 0) is 6.54 Å². The molecule has 1 aromatic heterocycles. The zero-order valence-corrected chi connectivity index (χ0v) is 16.3. The van der Waals surface area contributed by atoms with Crippen LogP contribution in [0.15, 0.2) is 36.5 Å². The molecule has 0 bridgehead atoms. The maximum Gasteiger partial charge on any atom is 0.128 e. The fraction of sp³-hybridized carbons (Fsp3) is 0.429. The first-order chi connectivity index (χ1) is 13.7. The summed E-state index contributed by atoms with van der Waals surface area (Å²) in [5.74, 6) is 2.41. The van der Waals surface area contributed by atoms with Gasteiger partial charge < -0.3 is 19.5 Å². The third kappa shape index (κ3) is 4.71. The lowest BCUT2D eigenvalue weighted by atomic mass is 10.1. The lowest BCUT2D eigenvalue weighted by Gasteiger charge is -2.42. The molecule has 0 saturated carbocycles. The van der Waals surface area contributed by atoms with Gasteiger partial charge in [-0.05, 0) is 36.2 Å². The van der Waals surface area contributed by atoms with Gasteiger partial charge in [0.05, 0.1) is 19.8 Å². The molecule has 0 radical (unpaired) electrons. The number of methoxy groups -OCH3 is 2. The number of hydrogen-bond donors (Lipinski definition) is 1. The van der Waals surface area contributed by atoms with Crippen molar-refractivity contribution in [1.29, 1.82) is 5.26 Å². The normalized spacial score (nSPS) is 17.2. The predicted molar refractivity (Wildman–Crippen MR) is 107 cm³/mol. The number of piperazine rings is 1. The summed E-state index contributed by atoms with van der Waals surface area (Å²) in [6.07, 6.45) is 2.29. The highest BCUT2D eigenvalue weighted by molar-refractivity contribution is 5.43. The summed E-state index contributed by atoms with van der Waals surface area (Å²) in [6, 6.07) is 11.9. The van der Waals surface area contributed by atoms with Gasteiger partial charge in [-0.1, -0.05) is 0 Å². The van der Waals surface area contributed by atoms with Crippen LogP contribution in [0.3, 0.4) is 0 Å². The van der Waals surface area contributed by atoms with Crippen molar-refractivity contribution >= 4 is 5.82 Å². The van der Waals surface area contributed by atoms with Gasteiger partial charge in [-0.15, -0.1) is 0 Å². The molecule has 0 spiro atoms. The Morgan fingerprint density at radius 2 is 1.93 bits per heavy atom. The van der Waals surface area contributed by atoms with Crippen LogP contribution in [0.2, 0.25) is 0 Å². The molecule has 1 atom stereocenters. The SMILES string of the molecule is COc1cc(CN2CCN(c3ccc(C#N)cn3)C[C@H]2CCO)cc(OC)c1. The Hall–Kier alpha value is -2.82. The number of rotatable bonds is 7. The Labute approximate surface area is 165 Å². The molecule has 2 aromatic rings. The molecule has 1 fully saturated rings. The van der Waals surface area contributed by atoms with E-state index >= 15 is 0 Å². The minimum atomic E-state index is 0.136. The molecule has 28 heavy (non-hydrogen) atoms. The first-order valence-electron chi connectivity index (χ1n) is 9.34. The van der Waals surface area contributed by atoms with Crippen molar-refractivity contribution < 1.29 is 14.6 Å². The smallest absolute Gasteiger partial charge is 0.128 e. The molecule has 2 heterocycles. The summed E-state index contributed by atoms with van der Waals surface area (Å²) in [4.78, 5) is 9.00. The van der Waals surface area contributed by atoms with Crippen LogP contribution in [0.4, 0.5) is 5.82 Å². The lowest BCUT2D eigenvalue weighted by molar-refractivity contribution is 0.135. The molecule has 1 N–H and O–H groups in total. The standard InChI is InChI=1S/C21H26N4O3/c1-27-19-9-17(10-20(11-19)28-2)14-24-6-7-25(15-18(24)5-8-26)21-4-3-16(12-22)13-23-21/h3-4,9-11,13,18,26H,5-8,14-15H2,1-2H3/t18-/m1/s1. The van der Waals surface area contributed by atoms with Gasteiger partial charge in [-0.2, -0.15) is 5.26 Å². The van der Waals surface area contributed by atoms with Crippen molar-refractivity contribution in [3.05, 3.63) is 47.7 Å². The molecule has 0 aliphatic carbocycles. The third-order valence-electron chi connectivity index (χ3n) is 5.06. The molecule has 0 unspecified atom stereocenters. The molecule has 1 aliphatic heterocycles. The summed E-state index contributed by atoms with van der Waals surface area (Å²) in [5, 5.41) is 18.5. The fourth-order valence-electron chi connectivity index (χ4n) is 3.56. The van der Waals surface area contributed by atoms with Crippen LogP contribution in [0, 0.1) is 11.3 Å². The molecular weight excluding hydrogens is 356 g/mol. The fourth-order valence-corrected chi connectivity index (χ4v) is 3.56. The number of anilines is 1. The van der Waals surface area contributed by atoms with Gasteiger partial charge in [0.25, 0.3) is 0 Å². The highest BCUT2D eigenvalue weighted by Crippen LogP contribution is 2.26. The minimum absolute atomic E-state index is 0.136. The van der Waals surface area contributed by atoms with E-state index in [4.69, 9.17) is 14.7 Å². The first kappa shape index (κ1) is 19.9. The zero-order valence-electron chi connectivity index (χ0n) is 16.3. The van der Waals surface area contributed by atoms with Crippen LogP contribution in [0.25, 0.3) is 0 Å². The van der Waals surface area contributed by atoms with Gasteiger partial charge in [0.1, 0.15) is 23.4 Å². The largest absolute Gasteiger partial charge is 0.497 e. The summed E-state index contributed by atoms with van der Waals surface area (Å²) < 4.78 is 10.8. The van der Waals surface area contributed by atoms with E-state index in [1.807, 2.05) is 24.3 Å². The Bertz CT molecular complexity index is 797. The van der Waals surface area contributed by atoms with E-state index in [2.05, 4.69) is 20.9 Å². The Balaban J connectivity index is 1.73. The number of pyridine rings is 1. The van der Waals surface area contributed by atoms with Gasteiger partial charge >= 0.3 is 0 Å². The van der Waals surface area contributed by atoms with E-state index in [9.17, 15) is 5.11 Å². The number of aliphatic hydroxyl groups is 1. The van der Waals surface area contributed by atoms with Crippen molar-refractivity contribution in [3.63, 3.8) is 0 Å². The third-order valence-corrected chi connectivity index (χ3v) is 5.06. The topological polar surface area (TPSA) is 81.9 Å². The lowest BCUT2D eigenvalue weighted by Crippen LogP contribution is -2.53. The Kier molecular flexibility index (Phi) is 6.69. The number of benzene rings is 1. The Morgan fingerprint density at radius 3 is 2.50 bits per heavy atom. The molecule has 148 valence electrons. The molecule has 7 nitrogen and oxygen atoms in total. The van der Waals surface area contributed by atoms with Gasteiger partial charge in [-0.25, -0.2) is 4.98 Å². The number of aliphatic hydroxyl groups excluding tert-OH is 1. The van der Waals surface area contributed by atoms with Crippen molar-refractivity contribution in [2.45, 2.75) is 19.0 Å². The number of ether oxygens (including phenoxy) is 2. The second-order valence-corrected chi connectivity index (χ2v) is 6.82. The maximum absolute atomic E-state index is 9.55. The van der Waals surface area contributed by atoms with Crippen LogP contribution in [-0.4, -0.2) is 61.5 Å². The summed E-state index contributed by atoms with van der Waals surface area (Å²) in [5.41, 5.74) is 1.67. The highest BCUT2D eigenvalue weighted by atomic mass is 16.5. The Morgan fingerprint density at radius 1 is 1.18 bits per heavy atom. The number of aromatic nitrogens is 1. The maximum atomic E-state index is 9.55. The van der Waals surface area contributed by atoms with Crippen molar-refractivity contribution in [2.75, 3.05) is 45.4 Å². The summed E-state index contributed by atoms with van der Waals surface area (Å²) in [7, 11) is 3.30. The van der Waals surface area contributed by atoms with Crippen molar-refractivity contribution in [3.8, 4) is 17.6 Å². The summed E-state index contributed by atoms with van der Waals surface area (Å²) >= 11 is 0. The van der Waals surface area contributed by atoms with Crippen LogP contribution in [0.1, 0.15) is 17.5 Å². The average Bonchev–Trinajstić information content (AvgIpc) is 2.75. The number of hydrogen-bond acceptors (Lipinski definition) is 7. The van der Waals surface area contributed by atoms with E-state index in [-0.39, 0.29) is 12.6 Å². The van der Waals surface area contributed by atoms with Gasteiger partial charge in [0.15, 0.2) is 0 Å². The van der Waals surface area contributed by atoms with Crippen LogP contribution >= 0.6 is 0 Å². The average molecular weight is 382 g/mol. The van der Waals surface area contributed by atoms with Crippen molar-refractivity contribution in [1.82, 2.24) is 9.88 Å². The molecule has 1 aliphatic rings. The molecule has 7 heteroatoms. The van der Waals surface area contributed by atoms with Gasteiger partial charge in [0, 0.05) is 51.1 Å². The molecule has 1 aromatic carbocycles. The van der Waals surface area contributed by atoms with Crippen molar-refractivity contribution in [2.24, 2.45) is 0 Å². The molecular formula is C21H26N4O3. The number of nitrogens with zero attached hydrogens (tertiary/aromatic N) is 4. The van der Waals surface area contributed by atoms with E-state index in [1.165, 1.54) is 0 Å². The van der Waals surface area contributed by atoms with E-state index in [1.54, 1.807) is 26.5 Å². The summed E-state index contributed by atoms with van der Waals surface area (Å²) in [6.45, 7) is 3.36. The first-order valence-corrected chi connectivity index (χ1v) is 9.34. The van der Waals surface area contributed by atoms with E-state index in [0.29, 0.717) is 12.0 Å². The van der Waals surface area contributed by atoms with Crippen LogP contribution < -0.4 is 14.4 Å². The van der Waals surface area contributed by atoms with Gasteiger partial charge in [0.2, 0.25) is 0 Å². The highest BCUT2D eigenvalue weighted by Gasteiger charge is 2.27. The predicted octanol–water partition coefficient (Wildman–Crippen LogP) is 2.04. The minimum Gasteiger partial charge on any atom is -0.497 e. The van der Waals surface area contributed by atoms with Crippen LogP contribution in [0.5, 0.6) is 11.5 Å². The number of nitriles is 1. The molecule has 1 saturated heterocycles. The van der Waals surface area contributed by atoms with E-state index in [0.717, 1.165) is 49.1 Å².